The first-order valence-corrected chi connectivity index (χ1v) is 12.0. The number of hydrogen-bond acceptors (Lipinski definition) is 5. The highest BCUT2D eigenvalue weighted by atomic mass is 32.2. The van der Waals surface area contributed by atoms with Crippen molar-refractivity contribution < 1.29 is 18.0 Å². The Morgan fingerprint density at radius 1 is 0.970 bits per heavy atom. The van der Waals surface area contributed by atoms with E-state index in [1.807, 2.05) is 6.07 Å². The summed E-state index contributed by atoms with van der Waals surface area (Å²) in [6.45, 7) is 4.08. The summed E-state index contributed by atoms with van der Waals surface area (Å²) in [5, 5.41) is 2.73. The van der Waals surface area contributed by atoms with E-state index in [4.69, 9.17) is 0 Å². The second kappa shape index (κ2) is 9.03. The van der Waals surface area contributed by atoms with E-state index in [9.17, 15) is 18.0 Å². The quantitative estimate of drug-likeness (QED) is 0.579. The second-order valence-electron chi connectivity index (χ2n) is 8.06. The van der Waals surface area contributed by atoms with Crippen LogP contribution in [0.3, 0.4) is 0 Å². The van der Waals surface area contributed by atoms with E-state index < -0.39 is 10.0 Å². The first kappa shape index (κ1) is 22.5. The molecule has 3 aromatic rings. The number of nitrogens with zero attached hydrogens (tertiary/aromatic N) is 2. The Labute approximate surface area is 192 Å². The van der Waals surface area contributed by atoms with E-state index >= 15 is 0 Å². The van der Waals surface area contributed by atoms with Gasteiger partial charge in [-0.05, 0) is 60.5 Å². The normalized spacial score (nSPS) is 13.0. The molecule has 1 aliphatic heterocycles. The highest BCUT2D eigenvalue weighted by Gasteiger charge is 2.26. The summed E-state index contributed by atoms with van der Waals surface area (Å²) in [5.74, 6) is -0.483. The maximum atomic E-state index is 12.9. The number of hydrogen-bond donors (Lipinski definition) is 2. The molecule has 1 aliphatic rings. The molecule has 2 N–H and O–H groups in total. The summed E-state index contributed by atoms with van der Waals surface area (Å²) >= 11 is 0. The van der Waals surface area contributed by atoms with Gasteiger partial charge in [0.15, 0.2) is 0 Å². The molecule has 9 heteroatoms. The average Bonchev–Trinajstić information content (AvgIpc) is 3.22. The molecule has 0 aliphatic carbocycles. The van der Waals surface area contributed by atoms with Crippen molar-refractivity contribution in [3.05, 3.63) is 78.1 Å². The number of aromatic nitrogens is 1. The van der Waals surface area contributed by atoms with Gasteiger partial charge in [-0.2, -0.15) is 0 Å². The van der Waals surface area contributed by atoms with Crippen LogP contribution in [0, 0.1) is 5.92 Å². The summed E-state index contributed by atoms with van der Waals surface area (Å²) in [6.07, 6.45) is 3.82. The van der Waals surface area contributed by atoms with E-state index in [1.165, 1.54) is 12.1 Å². The molecule has 0 spiro atoms. The fraction of sp³-hybridized carbons (Fsp3) is 0.208. The molecule has 0 unspecified atom stereocenters. The van der Waals surface area contributed by atoms with Crippen molar-refractivity contribution >= 4 is 38.9 Å². The molecule has 0 saturated heterocycles. The van der Waals surface area contributed by atoms with Crippen LogP contribution >= 0.6 is 0 Å². The Morgan fingerprint density at radius 3 is 2.30 bits per heavy atom. The molecular weight excluding hydrogens is 440 g/mol. The summed E-state index contributed by atoms with van der Waals surface area (Å²) in [4.78, 5) is 30.4. The molecule has 4 rings (SSSR count). The third-order valence-corrected chi connectivity index (χ3v) is 6.76. The average molecular weight is 465 g/mol. The molecule has 2 amide bonds. The molecule has 0 fully saturated rings. The van der Waals surface area contributed by atoms with Crippen LogP contribution in [0.15, 0.2) is 71.9 Å². The summed E-state index contributed by atoms with van der Waals surface area (Å²) in [5.41, 5.74) is 3.07. The Bertz CT molecular complexity index is 1290. The first-order valence-electron chi connectivity index (χ1n) is 10.5. The van der Waals surface area contributed by atoms with E-state index in [0.717, 1.165) is 5.56 Å². The van der Waals surface area contributed by atoms with Crippen LogP contribution in [0.5, 0.6) is 0 Å². The molecule has 33 heavy (non-hydrogen) atoms. The molecular formula is C24H24N4O4S. The van der Waals surface area contributed by atoms with E-state index in [0.29, 0.717) is 35.6 Å². The summed E-state index contributed by atoms with van der Waals surface area (Å²) < 4.78 is 28.4. The number of pyridine rings is 1. The molecule has 0 atom stereocenters. The summed E-state index contributed by atoms with van der Waals surface area (Å²) in [7, 11) is -3.86. The zero-order valence-electron chi connectivity index (χ0n) is 18.3. The van der Waals surface area contributed by atoms with Crippen molar-refractivity contribution in [3.63, 3.8) is 0 Å². The molecule has 170 valence electrons. The SMILES string of the molecule is CC(C)C(=O)Nc1ccc(S(=O)(=O)Nc2ccc3c(c2)N(C(=O)c2ccncc2)CC3)cc1. The lowest BCUT2D eigenvalue weighted by molar-refractivity contribution is -0.118. The van der Waals surface area contributed by atoms with Gasteiger partial charge in [-0.25, -0.2) is 8.42 Å². The Kier molecular flexibility index (Phi) is 6.15. The fourth-order valence-corrected chi connectivity index (χ4v) is 4.57. The highest BCUT2D eigenvalue weighted by Crippen LogP contribution is 2.32. The van der Waals surface area contributed by atoms with Gasteiger partial charge < -0.3 is 10.2 Å². The van der Waals surface area contributed by atoms with Crippen molar-refractivity contribution in [1.29, 1.82) is 0 Å². The molecule has 2 heterocycles. The number of nitrogens with one attached hydrogen (secondary N) is 2. The van der Waals surface area contributed by atoms with E-state index in [-0.39, 0.29) is 22.6 Å². The lowest BCUT2D eigenvalue weighted by Gasteiger charge is -2.18. The smallest absolute Gasteiger partial charge is 0.261 e. The van der Waals surface area contributed by atoms with E-state index in [2.05, 4.69) is 15.0 Å². The topological polar surface area (TPSA) is 108 Å². The number of benzene rings is 2. The van der Waals surface area contributed by atoms with Crippen molar-refractivity contribution in [2.45, 2.75) is 25.2 Å². The van der Waals surface area contributed by atoms with Gasteiger partial charge in [-0.15, -0.1) is 0 Å². The van der Waals surface area contributed by atoms with E-state index in [1.54, 1.807) is 67.5 Å². The highest BCUT2D eigenvalue weighted by molar-refractivity contribution is 7.92. The van der Waals surface area contributed by atoms with Gasteiger partial charge >= 0.3 is 0 Å². The van der Waals surface area contributed by atoms with Crippen LogP contribution in [-0.2, 0) is 21.2 Å². The molecule has 1 aromatic heterocycles. The van der Waals surface area contributed by atoms with Crippen LogP contribution < -0.4 is 14.9 Å². The van der Waals surface area contributed by atoms with Gasteiger partial charge in [0.2, 0.25) is 5.91 Å². The minimum Gasteiger partial charge on any atom is -0.326 e. The van der Waals surface area contributed by atoms with Gasteiger partial charge in [-0.3, -0.25) is 19.3 Å². The van der Waals surface area contributed by atoms with Crippen molar-refractivity contribution in [3.8, 4) is 0 Å². The number of anilines is 3. The minimum absolute atomic E-state index is 0.0651. The standard InChI is InChI=1S/C24H24N4O4S/c1-16(2)23(29)26-19-5-7-21(8-6-19)33(31,32)27-20-4-3-17-11-14-28(22(17)15-20)24(30)18-9-12-25-13-10-18/h3-10,12-13,15-16,27H,11,14H2,1-2H3,(H,26,29). The Balaban J connectivity index is 1.53. The monoisotopic (exact) mass is 464 g/mol. The van der Waals surface area contributed by atoms with Crippen LogP contribution in [0.1, 0.15) is 29.8 Å². The Hall–Kier alpha value is -3.72. The van der Waals surface area contributed by atoms with Crippen LogP contribution in [-0.4, -0.2) is 31.8 Å². The molecule has 0 saturated carbocycles. The van der Waals surface area contributed by atoms with Gasteiger partial charge in [0.1, 0.15) is 0 Å². The Morgan fingerprint density at radius 2 is 1.64 bits per heavy atom. The maximum Gasteiger partial charge on any atom is 0.261 e. The van der Waals surface area contributed by atoms with Gasteiger partial charge in [0.25, 0.3) is 15.9 Å². The zero-order valence-corrected chi connectivity index (χ0v) is 19.1. The fourth-order valence-electron chi connectivity index (χ4n) is 3.52. The molecule has 0 radical (unpaired) electrons. The lowest BCUT2D eigenvalue weighted by Crippen LogP contribution is -2.28. The van der Waals surface area contributed by atoms with Crippen LogP contribution in [0.25, 0.3) is 0 Å². The largest absolute Gasteiger partial charge is 0.326 e. The molecule has 0 bridgehead atoms. The number of sulfonamides is 1. The predicted octanol–water partition coefficient (Wildman–Crippen LogP) is 3.68. The molecule has 8 nitrogen and oxygen atoms in total. The van der Waals surface area contributed by atoms with Crippen molar-refractivity contribution in [2.75, 3.05) is 21.5 Å². The first-order chi connectivity index (χ1) is 15.7. The van der Waals surface area contributed by atoms with Gasteiger partial charge in [0, 0.05) is 41.8 Å². The number of amides is 2. The number of fused-ring (bicyclic) bond motifs is 1. The third kappa shape index (κ3) is 4.88. The lowest BCUT2D eigenvalue weighted by atomic mass is 10.1. The van der Waals surface area contributed by atoms with Crippen LogP contribution in [0.4, 0.5) is 17.1 Å². The van der Waals surface area contributed by atoms with Gasteiger partial charge in [-0.1, -0.05) is 19.9 Å². The number of carbonyl (C=O) groups excluding carboxylic acids is 2. The maximum absolute atomic E-state index is 12.9. The van der Waals surface area contributed by atoms with Gasteiger partial charge in [0.05, 0.1) is 10.6 Å². The zero-order chi connectivity index (χ0) is 23.6. The number of carbonyl (C=O) groups is 2. The molecule has 2 aromatic carbocycles. The minimum atomic E-state index is -3.86. The van der Waals surface area contributed by atoms with Crippen molar-refractivity contribution in [1.82, 2.24) is 4.98 Å². The van der Waals surface area contributed by atoms with Crippen LogP contribution in [0.2, 0.25) is 0 Å². The number of rotatable bonds is 6. The second-order valence-corrected chi connectivity index (χ2v) is 9.74. The van der Waals surface area contributed by atoms with Crippen molar-refractivity contribution in [2.24, 2.45) is 5.92 Å². The summed E-state index contributed by atoms with van der Waals surface area (Å²) in [6, 6.07) is 14.5. The third-order valence-electron chi connectivity index (χ3n) is 5.36. The predicted molar refractivity (Wildman–Crippen MR) is 127 cm³/mol.